The largest absolute Gasteiger partial charge is 0.355 e. The molecule has 0 saturated carbocycles. The lowest BCUT2D eigenvalue weighted by Crippen LogP contribution is -2.39. The van der Waals surface area contributed by atoms with Gasteiger partial charge in [0, 0.05) is 29.3 Å². The predicted octanol–water partition coefficient (Wildman–Crippen LogP) is 3.27. The van der Waals surface area contributed by atoms with Gasteiger partial charge in [0.2, 0.25) is 5.91 Å². The normalized spacial score (nSPS) is 11.9. The Bertz CT molecular complexity index is 729. The molecule has 2 aromatic rings. The van der Waals surface area contributed by atoms with E-state index in [9.17, 15) is 9.59 Å². The van der Waals surface area contributed by atoms with Crippen molar-refractivity contribution < 1.29 is 9.59 Å². The second-order valence-electron chi connectivity index (χ2n) is 5.86. The average molecular weight is 404 g/mol. The lowest BCUT2D eigenvalue weighted by atomic mass is 10.1. The number of likely N-dealkylation sites (N-methyl/N-ethyl adjacent to an activating group) is 1. The van der Waals surface area contributed by atoms with Crippen LogP contribution in [0.5, 0.6) is 0 Å². The van der Waals surface area contributed by atoms with Gasteiger partial charge in [0.15, 0.2) is 0 Å². The Labute approximate surface area is 156 Å². The van der Waals surface area contributed by atoms with E-state index < -0.39 is 0 Å². The van der Waals surface area contributed by atoms with Crippen LogP contribution in [0.4, 0.5) is 5.69 Å². The first-order valence-corrected chi connectivity index (χ1v) is 8.77. The highest BCUT2D eigenvalue weighted by Gasteiger charge is 2.18. The van der Waals surface area contributed by atoms with Crippen LogP contribution in [0.15, 0.2) is 53.0 Å². The topological polar surface area (TPSA) is 61.4 Å². The minimum Gasteiger partial charge on any atom is -0.355 e. The van der Waals surface area contributed by atoms with Crippen molar-refractivity contribution in [1.29, 1.82) is 0 Å². The number of rotatable bonds is 6. The van der Waals surface area contributed by atoms with Gasteiger partial charge in [-0.3, -0.25) is 14.5 Å². The Kier molecular flexibility index (Phi) is 6.73. The summed E-state index contributed by atoms with van der Waals surface area (Å²) in [5, 5.41) is 5.51. The number of carbonyl (C=O) groups is 2. The van der Waals surface area contributed by atoms with Crippen LogP contribution in [0.1, 0.15) is 22.8 Å². The minimum absolute atomic E-state index is 0.0631. The van der Waals surface area contributed by atoms with Gasteiger partial charge < -0.3 is 10.6 Å². The first-order valence-electron chi connectivity index (χ1n) is 7.98. The summed E-state index contributed by atoms with van der Waals surface area (Å²) in [6.45, 7) is 2.48. The Balaban J connectivity index is 1.94. The zero-order chi connectivity index (χ0) is 18.4. The Hall–Kier alpha value is -2.18. The highest BCUT2D eigenvalue weighted by Crippen LogP contribution is 2.15. The molecule has 0 aromatic heterocycles. The summed E-state index contributed by atoms with van der Waals surface area (Å²) < 4.78 is 0.968. The zero-order valence-electron chi connectivity index (χ0n) is 14.5. The van der Waals surface area contributed by atoms with E-state index in [0.29, 0.717) is 12.1 Å². The summed E-state index contributed by atoms with van der Waals surface area (Å²) in [6, 6.07) is 14.6. The molecule has 1 atom stereocenters. The SMILES string of the molecule is CNC(=O)c1ccc(CN(C)[C@@H](C)C(=O)Nc2ccc(Br)cc2)cc1. The monoisotopic (exact) mass is 403 g/mol. The molecule has 0 fully saturated rings. The van der Waals surface area contributed by atoms with Crippen LogP contribution in [0.25, 0.3) is 0 Å². The van der Waals surface area contributed by atoms with Gasteiger partial charge in [-0.05, 0) is 55.9 Å². The maximum absolute atomic E-state index is 12.4. The van der Waals surface area contributed by atoms with E-state index in [1.165, 1.54) is 0 Å². The molecule has 132 valence electrons. The number of hydrogen-bond donors (Lipinski definition) is 2. The van der Waals surface area contributed by atoms with Crippen LogP contribution in [0.2, 0.25) is 0 Å². The molecule has 0 saturated heterocycles. The van der Waals surface area contributed by atoms with Gasteiger partial charge in [0.25, 0.3) is 5.91 Å². The van der Waals surface area contributed by atoms with Crippen LogP contribution >= 0.6 is 15.9 Å². The number of nitrogens with zero attached hydrogens (tertiary/aromatic N) is 1. The van der Waals surface area contributed by atoms with Crippen molar-refractivity contribution in [2.75, 3.05) is 19.4 Å². The maximum atomic E-state index is 12.4. The van der Waals surface area contributed by atoms with Crippen molar-refractivity contribution in [2.24, 2.45) is 0 Å². The molecule has 0 bridgehead atoms. The lowest BCUT2D eigenvalue weighted by Gasteiger charge is -2.24. The van der Waals surface area contributed by atoms with E-state index >= 15 is 0 Å². The maximum Gasteiger partial charge on any atom is 0.251 e. The lowest BCUT2D eigenvalue weighted by molar-refractivity contribution is -0.120. The number of anilines is 1. The number of benzene rings is 2. The molecule has 0 aliphatic rings. The minimum atomic E-state index is -0.290. The predicted molar refractivity (Wildman–Crippen MR) is 104 cm³/mol. The molecule has 6 heteroatoms. The second-order valence-corrected chi connectivity index (χ2v) is 6.78. The molecule has 0 unspecified atom stereocenters. The van der Waals surface area contributed by atoms with Gasteiger partial charge in [0.05, 0.1) is 6.04 Å². The average Bonchev–Trinajstić information content (AvgIpc) is 2.62. The third-order valence-corrected chi connectivity index (χ3v) is 4.56. The van der Waals surface area contributed by atoms with E-state index in [1.54, 1.807) is 19.2 Å². The van der Waals surface area contributed by atoms with Crippen molar-refractivity contribution in [3.8, 4) is 0 Å². The van der Waals surface area contributed by atoms with E-state index in [0.717, 1.165) is 15.7 Å². The van der Waals surface area contributed by atoms with Gasteiger partial charge in [-0.1, -0.05) is 28.1 Å². The van der Waals surface area contributed by atoms with Gasteiger partial charge in [-0.15, -0.1) is 0 Å². The molecule has 25 heavy (non-hydrogen) atoms. The summed E-state index contributed by atoms with van der Waals surface area (Å²) >= 11 is 3.37. The fourth-order valence-electron chi connectivity index (χ4n) is 2.31. The van der Waals surface area contributed by atoms with Crippen molar-refractivity contribution in [3.63, 3.8) is 0 Å². The van der Waals surface area contributed by atoms with Gasteiger partial charge in [-0.2, -0.15) is 0 Å². The first kappa shape index (κ1) is 19.1. The van der Waals surface area contributed by atoms with Gasteiger partial charge in [0.1, 0.15) is 0 Å². The van der Waals surface area contributed by atoms with Crippen LogP contribution in [0, 0.1) is 0 Å². The Morgan fingerprint density at radius 2 is 1.68 bits per heavy atom. The standard InChI is InChI=1S/C19H22BrN3O2/c1-13(18(24)22-17-10-8-16(20)9-11-17)23(3)12-14-4-6-15(7-5-14)19(25)21-2/h4-11,13H,12H2,1-3H3,(H,21,25)(H,22,24)/t13-/m0/s1. The first-order chi connectivity index (χ1) is 11.9. The van der Waals surface area contributed by atoms with Gasteiger partial charge >= 0.3 is 0 Å². The van der Waals surface area contributed by atoms with Crippen LogP contribution in [-0.4, -0.2) is 36.9 Å². The van der Waals surface area contributed by atoms with E-state index in [-0.39, 0.29) is 17.9 Å². The van der Waals surface area contributed by atoms with Crippen LogP contribution < -0.4 is 10.6 Å². The van der Waals surface area contributed by atoms with Crippen LogP contribution in [-0.2, 0) is 11.3 Å². The molecule has 2 rings (SSSR count). The van der Waals surface area contributed by atoms with Gasteiger partial charge in [-0.25, -0.2) is 0 Å². The number of hydrogen-bond acceptors (Lipinski definition) is 3. The van der Waals surface area contributed by atoms with E-state index in [2.05, 4.69) is 26.6 Å². The van der Waals surface area contributed by atoms with Crippen molar-refractivity contribution >= 4 is 33.4 Å². The molecule has 0 aliphatic carbocycles. The molecule has 0 radical (unpaired) electrons. The number of nitrogens with one attached hydrogen (secondary N) is 2. The van der Waals surface area contributed by atoms with Crippen molar-refractivity contribution in [2.45, 2.75) is 19.5 Å². The molecule has 2 N–H and O–H groups in total. The highest BCUT2D eigenvalue weighted by molar-refractivity contribution is 9.10. The molecule has 0 spiro atoms. The smallest absolute Gasteiger partial charge is 0.251 e. The molecular weight excluding hydrogens is 382 g/mol. The molecule has 2 amide bonds. The number of halogens is 1. The summed E-state index contributed by atoms with van der Waals surface area (Å²) in [5.41, 5.74) is 2.43. The van der Waals surface area contributed by atoms with E-state index in [4.69, 9.17) is 0 Å². The molecule has 5 nitrogen and oxygen atoms in total. The zero-order valence-corrected chi connectivity index (χ0v) is 16.1. The Morgan fingerprint density at radius 3 is 2.24 bits per heavy atom. The highest BCUT2D eigenvalue weighted by atomic mass is 79.9. The second kappa shape index (κ2) is 8.78. The quantitative estimate of drug-likeness (QED) is 0.777. The van der Waals surface area contributed by atoms with Crippen molar-refractivity contribution in [1.82, 2.24) is 10.2 Å². The third kappa shape index (κ3) is 5.41. The number of amides is 2. The van der Waals surface area contributed by atoms with E-state index in [1.807, 2.05) is 55.3 Å². The summed E-state index contributed by atoms with van der Waals surface area (Å²) in [7, 11) is 3.51. The van der Waals surface area contributed by atoms with Crippen LogP contribution in [0.3, 0.4) is 0 Å². The third-order valence-electron chi connectivity index (χ3n) is 4.03. The summed E-state index contributed by atoms with van der Waals surface area (Å²) in [6.07, 6.45) is 0. The fourth-order valence-corrected chi connectivity index (χ4v) is 2.58. The molecule has 2 aromatic carbocycles. The Morgan fingerprint density at radius 1 is 1.08 bits per heavy atom. The molecular formula is C19H22BrN3O2. The molecule has 0 heterocycles. The number of carbonyl (C=O) groups excluding carboxylic acids is 2. The molecule has 0 aliphatic heterocycles. The van der Waals surface area contributed by atoms with Crippen molar-refractivity contribution in [3.05, 3.63) is 64.1 Å². The summed E-state index contributed by atoms with van der Waals surface area (Å²) in [4.78, 5) is 25.9. The summed E-state index contributed by atoms with van der Waals surface area (Å²) in [5.74, 6) is -0.172. The fraction of sp³-hybridized carbons (Fsp3) is 0.263.